The first-order valence-electron chi connectivity index (χ1n) is 0.123. The van der Waals surface area contributed by atoms with Crippen molar-refractivity contribution in [1.82, 2.24) is 0 Å². The largest absolute Gasteiger partial charge is 3.00 e. The van der Waals surface area contributed by atoms with Crippen molar-refractivity contribution < 1.29 is 76.0 Å². The summed E-state index contributed by atoms with van der Waals surface area (Å²) in [6.45, 7) is 0. The van der Waals surface area contributed by atoms with E-state index in [1.807, 2.05) is 0 Å². The molecule has 1 nitrogen and oxygen atoms in total. The Morgan fingerprint density at radius 2 is 0.667 bits per heavy atom. The van der Waals surface area contributed by atoms with Crippen LogP contribution in [0.15, 0.2) is 0 Å². The van der Waals surface area contributed by atoms with Crippen molar-refractivity contribution in [1.29, 1.82) is 0 Å². The maximum absolute atomic E-state index is 7.81. The number of hydrogen-bond acceptors (Lipinski definition) is 1. The average molecular weight is 401 g/mol. The van der Waals surface area contributed by atoms with E-state index >= 15 is 0 Å². The minimum atomic E-state index is 0. The van der Waals surface area contributed by atoms with Gasteiger partial charge in [0.15, 0.2) is 0 Å². The molecule has 0 heterocycles. The Morgan fingerprint density at radius 1 is 0.667 bits per heavy atom. The molecule has 0 radical (unpaired) electrons. The van der Waals surface area contributed by atoms with Crippen molar-refractivity contribution in [2.75, 3.05) is 0 Å². The van der Waals surface area contributed by atoms with Gasteiger partial charge in [-0.05, 0) is 0 Å². The molecule has 0 spiro atoms. The van der Waals surface area contributed by atoms with Gasteiger partial charge in [0.05, 0.1) is 0 Å². The standard InChI is InChI=1S/Ba.Cu.5FH.O.Y/h;;5*1H;;/q+2;;;;;;;;+3/p-5. The quantitative estimate of drug-likeness (QED) is 0.292. The number of hydrogen-bond donors (Lipinski definition) is 0. The second-order valence-corrected chi connectivity index (χ2v) is 0. The minimum absolute atomic E-state index is 0. The Bertz CT molecular complexity index is 16.9. The van der Waals surface area contributed by atoms with Crippen molar-refractivity contribution in [2.45, 2.75) is 0 Å². The molecule has 0 aromatic heterocycles. The maximum Gasteiger partial charge on any atom is 3.00 e. The zero-order valence-corrected chi connectivity index (χ0v) is 12.1. The van der Waals surface area contributed by atoms with Gasteiger partial charge < -0.3 is 23.5 Å². The van der Waals surface area contributed by atoms with Crippen LogP contribution in [0.1, 0.15) is 0 Å². The van der Waals surface area contributed by atoms with E-state index in [-0.39, 0.29) is 105 Å². The van der Waals surface area contributed by atoms with Crippen molar-refractivity contribution in [3.05, 3.63) is 0 Å². The molecule has 0 unspecified atom stereocenters. The summed E-state index contributed by atoms with van der Waals surface area (Å²) >= 11 is 2.94. The van der Waals surface area contributed by atoms with Crippen LogP contribution in [-0.4, -0.2) is 48.9 Å². The first-order valence-corrected chi connectivity index (χ1v) is 0.508. The van der Waals surface area contributed by atoms with Gasteiger partial charge in [-0.1, -0.05) is 0 Å². The Kier molecular flexibility index (Phi) is 1560. The van der Waals surface area contributed by atoms with E-state index in [1.54, 1.807) is 0 Å². The molecular formula is BaCuF5OY. The van der Waals surface area contributed by atoms with Crippen LogP contribution in [0.5, 0.6) is 0 Å². The third-order valence-corrected chi connectivity index (χ3v) is 0. The number of rotatable bonds is 0. The Hall–Kier alpha value is 2.64. The van der Waals surface area contributed by atoms with Gasteiger partial charge in [0.25, 0.3) is 0 Å². The molecule has 0 saturated carbocycles. The van der Waals surface area contributed by atoms with Gasteiger partial charge in [-0.3, -0.25) is 0 Å². The van der Waals surface area contributed by atoms with E-state index in [4.69, 9.17) is 3.83 Å². The molecule has 0 aliphatic carbocycles. The fourth-order valence-electron chi connectivity index (χ4n) is 0. The molecule has 9 heteroatoms. The second-order valence-electron chi connectivity index (χ2n) is 0. The Balaban J connectivity index is -0.000000000238. The predicted molar refractivity (Wildman–Crippen MR) is 6.44 cm³/mol. The monoisotopic (exact) mass is 401 g/mol. The summed E-state index contributed by atoms with van der Waals surface area (Å²) in [5.74, 6) is 0. The molecule has 0 saturated heterocycles. The summed E-state index contributed by atoms with van der Waals surface area (Å²) in [7, 11) is 0. The molecule has 0 aromatic rings. The summed E-state index contributed by atoms with van der Waals surface area (Å²) < 4.78 is 7.81. The van der Waals surface area contributed by atoms with Crippen LogP contribution < -0.4 is 23.5 Å². The van der Waals surface area contributed by atoms with Gasteiger partial charge >= 0.3 is 101 Å². The van der Waals surface area contributed by atoms with Gasteiger partial charge in [-0.25, -0.2) is 0 Å². The molecule has 0 rings (SSSR count). The third kappa shape index (κ3) is 114. The molecule has 0 N–H and O–H groups in total. The van der Waals surface area contributed by atoms with Crippen LogP contribution in [0.4, 0.5) is 0 Å². The van der Waals surface area contributed by atoms with Gasteiger partial charge in [0.2, 0.25) is 0 Å². The summed E-state index contributed by atoms with van der Waals surface area (Å²) in [6, 6.07) is 0. The van der Waals surface area contributed by atoms with Crippen LogP contribution in [-0.2, 0) is 52.5 Å². The fraction of sp³-hybridized carbons (Fsp3) is 0. The minimum Gasteiger partial charge on any atom is 3.00 e. The Morgan fingerprint density at radius 3 is 0.667 bits per heavy atom. The summed E-state index contributed by atoms with van der Waals surface area (Å²) in [5.41, 5.74) is 0. The van der Waals surface area contributed by atoms with Gasteiger partial charge in [0.1, 0.15) is 0 Å². The van der Waals surface area contributed by atoms with E-state index in [0.717, 1.165) is 0 Å². The van der Waals surface area contributed by atoms with Gasteiger partial charge in [0, 0.05) is 0 Å². The van der Waals surface area contributed by atoms with E-state index in [1.165, 1.54) is 0 Å². The third-order valence-electron chi connectivity index (χ3n) is 0. The van der Waals surface area contributed by atoms with Crippen molar-refractivity contribution in [2.24, 2.45) is 0 Å². The molecule has 0 amide bonds. The smallest absolute Gasteiger partial charge is 3.00 e. The first-order chi connectivity index (χ1) is 1.00. The van der Waals surface area contributed by atoms with Crippen molar-refractivity contribution in [3.63, 3.8) is 0 Å². The summed E-state index contributed by atoms with van der Waals surface area (Å²) in [5, 5.41) is 0. The van der Waals surface area contributed by atoms with E-state index in [9.17, 15) is 0 Å². The molecule has 0 aromatic carbocycles. The first kappa shape index (κ1) is 99.3. The number of halogens is 5. The van der Waals surface area contributed by atoms with Crippen LogP contribution >= 0.6 is 0 Å². The normalized spacial score (nSPS) is 0.667. The van der Waals surface area contributed by atoms with Gasteiger partial charge in [-0.2, -0.15) is 0 Å². The van der Waals surface area contributed by atoms with E-state index in [0.29, 0.717) is 0 Å². The molecule has 0 fully saturated rings. The molecule has 0 aliphatic heterocycles. The molecular weight excluding hydrogens is 401 g/mol. The molecule has 9 heavy (non-hydrogen) atoms. The Labute approximate surface area is 122 Å². The molecule has 0 aliphatic rings. The summed E-state index contributed by atoms with van der Waals surface area (Å²) in [6.07, 6.45) is 0. The molecule has 57 valence electrons. The SMILES string of the molecule is [Ba+2].[F-].[F-].[F-].[F-].[F-].[O]=[Cu].[Y+3]. The predicted octanol–water partition coefficient (Wildman–Crippen LogP) is -15.5. The van der Waals surface area contributed by atoms with Gasteiger partial charge in [-0.15, -0.1) is 0 Å². The van der Waals surface area contributed by atoms with Crippen LogP contribution in [0.2, 0.25) is 0 Å². The maximum atomic E-state index is 7.81. The van der Waals surface area contributed by atoms with E-state index in [2.05, 4.69) is 15.9 Å². The fourth-order valence-corrected chi connectivity index (χ4v) is 0. The van der Waals surface area contributed by atoms with Crippen LogP contribution in [0.25, 0.3) is 0 Å². The topological polar surface area (TPSA) is 17.1 Å². The summed E-state index contributed by atoms with van der Waals surface area (Å²) in [4.78, 5) is 0. The molecule has 0 bridgehead atoms. The molecule has 0 atom stereocenters. The van der Waals surface area contributed by atoms with E-state index < -0.39 is 0 Å². The second kappa shape index (κ2) is 142. The zero-order chi connectivity index (χ0) is 2.00. The van der Waals surface area contributed by atoms with Crippen LogP contribution in [0, 0.1) is 0 Å². The van der Waals surface area contributed by atoms with Crippen molar-refractivity contribution in [3.8, 4) is 0 Å². The van der Waals surface area contributed by atoms with Crippen LogP contribution in [0.3, 0.4) is 0 Å². The average Bonchev–Trinajstić information content (AvgIpc) is 1.00. The zero-order valence-electron chi connectivity index (χ0n) is 3.88. The van der Waals surface area contributed by atoms with Crippen molar-refractivity contribution >= 4 is 48.9 Å².